The third-order valence-electron chi connectivity index (χ3n) is 3.28. The van der Waals surface area contributed by atoms with Crippen LogP contribution in [0.25, 0.3) is 0 Å². The average Bonchev–Trinajstić information content (AvgIpc) is 2.25. The minimum Gasteiger partial charge on any atom is -0.389 e. The molecule has 0 aliphatic heterocycles. The highest BCUT2D eigenvalue weighted by atomic mass is 16.3. The second-order valence-corrected chi connectivity index (χ2v) is 5.00. The van der Waals surface area contributed by atoms with E-state index in [0.29, 0.717) is 6.04 Å². The first-order valence-corrected chi connectivity index (χ1v) is 7.07. The highest BCUT2D eigenvalue weighted by molar-refractivity contribution is 4.82. The van der Waals surface area contributed by atoms with Gasteiger partial charge in [-0.1, -0.05) is 47.0 Å². The molecule has 0 bridgehead atoms. The Kier molecular flexibility index (Phi) is 8.96. The van der Waals surface area contributed by atoms with Crippen LogP contribution in [-0.2, 0) is 0 Å². The summed E-state index contributed by atoms with van der Waals surface area (Å²) in [6.07, 6.45) is 7.52. The summed E-state index contributed by atoms with van der Waals surface area (Å²) in [5.41, 5.74) is -0.481. The Morgan fingerprint density at radius 2 is 1.56 bits per heavy atom. The van der Waals surface area contributed by atoms with Crippen molar-refractivity contribution in [1.82, 2.24) is 5.32 Å². The Morgan fingerprint density at radius 1 is 1.00 bits per heavy atom. The molecule has 0 fully saturated rings. The van der Waals surface area contributed by atoms with Crippen molar-refractivity contribution in [2.75, 3.05) is 6.54 Å². The Morgan fingerprint density at radius 3 is 1.94 bits per heavy atom. The lowest BCUT2D eigenvalue weighted by atomic mass is 9.92. The van der Waals surface area contributed by atoms with Crippen molar-refractivity contribution in [3.63, 3.8) is 0 Å². The minimum absolute atomic E-state index is 0.481. The summed E-state index contributed by atoms with van der Waals surface area (Å²) in [5, 5.41) is 14.0. The van der Waals surface area contributed by atoms with Crippen LogP contribution in [0.15, 0.2) is 0 Å². The van der Waals surface area contributed by atoms with Gasteiger partial charge >= 0.3 is 0 Å². The van der Waals surface area contributed by atoms with E-state index in [1.807, 2.05) is 0 Å². The smallest absolute Gasteiger partial charge is 0.0771 e. The van der Waals surface area contributed by atoms with Gasteiger partial charge in [0.25, 0.3) is 0 Å². The van der Waals surface area contributed by atoms with Crippen LogP contribution in [0, 0.1) is 0 Å². The Balaban J connectivity index is 4.07. The van der Waals surface area contributed by atoms with E-state index in [0.717, 1.165) is 38.6 Å². The van der Waals surface area contributed by atoms with E-state index in [2.05, 4.69) is 33.0 Å². The zero-order chi connectivity index (χ0) is 12.4. The summed E-state index contributed by atoms with van der Waals surface area (Å²) >= 11 is 0. The summed E-state index contributed by atoms with van der Waals surface area (Å²) in [6.45, 7) is 9.47. The Bertz CT molecular complexity index is 153. The maximum atomic E-state index is 10.5. The van der Waals surface area contributed by atoms with Gasteiger partial charge in [-0.05, 0) is 25.7 Å². The van der Waals surface area contributed by atoms with Crippen molar-refractivity contribution in [1.29, 1.82) is 0 Å². The lowest BCUT2D eigenvalue weighted by molar-refractivity contribution is 0.0188. The van der Waals surface area contributed by atoms with Gasteiger partial charge in [0.15, 0.2) is 0 Å². The quantitative estimate of drug-likeness (QED) is 0.601. The molecule has 2 heteroatoms. The van der Waals surface area contributed by atoms with Gasteiger partial charge in [-0.3, -0.25) is 0 Å². The second-order valence-electron chi connectivity index (χ2n) is 5.00. The lowest BCUT2D eigenvalue weighted by Crippen LogP contribution is -2.44. The molecule has 0 aliphatic rings. The lowest BCUT2D eigenvalue weighted by Gasteiger charge is -2.30. The summed E-state index contributed by atoms with van der Waals surface area (Å²) in [4.78, 5) is 0. The molecular formula is C14H31NO. The van der Waals surface area contributed by atoms with Crippen LogP contribution in [0.1, 0.15) is 72.6 Å². The predicted molar refractivity (Wildman–Crippen MR) is 71.8 cm³/mol. The summed E-state index contributed by atoms with van der Waals surface area (Å²) in [7, 11) is 0. The number of hydrogen-bond donors (Lipinski definition) is 2. The van der Waals surface area contributed by atoms with E-state index in [-0.39, 0.29) is 0 Å². The van der Waals surface area contributed by atoms with E-state index >= 15 is 0 Å². The highest BCUT2D eigenvalue weighted by Crippen LogP contribution is 2.19. The fourth-order valence-electron chi connectivity index (χ4n) is 2.37. The van der Waals surface area contributed by atoms with Crippen molar-refractivity contribution in [2.24, 2.45) is 0 Å². The van der Waals surface area contributed by atoms with Gasteiger partial charge in [-0.15, -0.1) is 0 Å². The van der Waals surface area contributed by atoms with Crippen LogP contribution in [-0.4, -0.2) is 23.3 Å². The number of nitrogens with one attached hydrogen (secondary N) is 1. The van der Waals surface area contributed by atoms with Gasteiger partial charge in [0.1, 0.15) is 0 Å². The minimum atomic E-state index is -0.481. The molecule has 16 heavy (non-hydrogen) atoms. The summed E-state index contributed by atoms with van der Waals surface area (Å²) < 4.78 is 0. The van der Waals surface area contributed by atoms with Crippen LogP contribution >= 0.6 is 0 Å². The van der Waals surface area contributed by atoms with Crippen LogP contribution in [0.3, 0.4) is 0 Å². The molecule has 1 atom stereocenters. The molecule has 0 aromatic carbocycles. The number of hydrogen-bond acceptors (Lipinski definition) is 2. The molecule has 0 saturated carbocycles. The molecule has 0 aliphatic carbocycles. The van der Waals surface area contributed by atoms with Gasteiger partial charge < -0.3 is 10.4 Å². The molecular weight excluding hydrogens is 198 g/mol. The summed E-state index contributed by atoms with van der Waals surface area (Å²) in [6, 6.07) is 0.574. The molecule has 0 saturated heterocycles. The van der Waals surface area contributed by atoms with E-state index < -0.39 is 5.60 Å². The molecule has 2 nitrogen and oxygen atoms in total. The molecule has 1 unspecified atom stereocenters. The second kappa shape index (κ2) is 9.00. The molecule has 0 aromatic rings. The topological polar surface area (TPSA) is 32.3 Å². The Labute approximate surface area is 102 Å². The van der Waals surface area contributed by atoms with Gasteiger partial charge in [0, 0.05) is 12.6 Å². The first-order valence-electron chi connectivity index (χ1n) is 7.07. The Hall–Kier alpha value is -0.0800. The van der Waals surface area contributed by atoms with Crippen molar-refractivity contribution in [3.8, 4) is 0 Å². The van der Waals surface area contributed by atoms with Crippen LogP contribution < -0.4 is 5.32 Å². The molecule has 0 rings (SSSR count). The monoisotopic (exact) mass is 229 g/mol. The third kappa shape index (κ3) is 6.49. The van der Waals surface area contributed by atoms with Crippen molar-refractivity contribution >= 4 is 0 Å². The molecule has 0 spiro atoms. The molecule has 0 heterocycles. The molecule has 0 amide bonds. The van der Waals surface area contributed by atoms with Crippen LogP contribution in [0.4, 0.5) is 0 Å². The first kappa shape index (κ1) is 15.9. The van der Waals surface area contributed by atoms with Crippen molar-refractivity contribution < 1.29 is 5.11 Å². The zero-order valence-corrected chi connectivity index (χ0v) is 11.7. The molecule has 98 valence electrons. The van der Waals surface area contributed by atoms with Gasteiger partial charge in [0.2, 0.25) is 0 Å². The number of rotatable bonds is 10. The average molecular weight is 229 g/mol. The summed E-state index contributed by atoms with van der Waals surface area (Å²) in [5.74, 6) is 0. The fraction of sp³-hybridized carbons (Fsp3) is 1.00. The zero-order valence-electron chi connectivity index (χ0n) is 11.7. The van der Waals surface area contributed by atoms with E-state index in [4.69, 9.17) is 0 Å². The predicted octanol–water partition coefficient (Wildman–Crippen LogP) is 3.49. The van der Waals surface area contributed by atoms with Gasteiger partial charge in [0.05, 0.1) is 5.60 Å². The van der Waals surface area contributed by atoms with E-state index in [9.17, 15) is 5.11 Å². The van der Waals surface area contributed by atoms with Crippen molar-refractivity contribution in [3.05, 3.63) is 0 Å². The van der Waals surface area contributed by atoms with E-state index in [1.54, 1.807) is 0 Å². The molecule has 2 N–H and O–H groups in total. The fourth-order valence-corrected chi connectivity index (χ4v) is 2.37. The standard InChI is InChI=1S/C14H31NO/c1-5-9-13(8-4)15-12-14(16,10-6-2)11-7-3/h13,15-16H,5-12H2,1-4H3. The van der Waals surface area contributed by atoms with E-state index in [1.165, 1.54) is 12.8 Å². The third-order valence-corrected chi connectivity index (χ3v) is 3.28. The maximum absolute atomic E-state index is 10.5. The van der Waals surface area contributed by atoms with Crippen LogP contribution in [0.2, 0.25) is 0 Å². The maximum Gasteiger partial charge on any atom is 0.0771 e. The molecule has 0 radical (unpaired) electrons. The SMILES string of the molecule is CCCC(CC)NCC(O)(CCC)CCC. The normalized spacial score (nSPS) is 14.1. The van der Waals surface area contributed by atoms with Gasteiger partial charge in [-0.25, -0.2) is 0 Å². The number of aliphatic hydroxyl groups is 1. The largest absolute Gasteiger partial charge is 0.389 e. The van der Waals surface area contributed by atoms with Gasteiger partial charge in [-0.2, -0.15) is 0 Å². The molecule has 0 aromatic heterocycles. The van der Waals surface area contributed by atoms with Crippen molar-refractivity contribution in [2.45, 2.75) is 84.3 Å². The first-order chi connectivity index (χ1) is 7.61. The van der Waals surface area contributed by atoms with Crippen LogP contribution in [0.5, 0.6) is 0 Å². The highest BCUT2D eigenvalue weighted by Gasteiger charge is 2.25.